The van der Waals surface area contributed by atoms with Crippen LogP contribution in [0, 0.1) is 0 Å². The molecular weight excluding hydrogens is 298 g/mol. The summed E-state index contributed by atoms with van der Waals surface area (Å²) < 4.78 is 0. The first-order valence-electron chi connectivity index (χ1n) is 7.74. The fraction of sp³-hybridized carbons (Fsp3) is 0.158. The van der Waals surface area contributed by atoms with Crippen LogP contribution in [0.25, 0.3) is 0 Å². The number of hydrogen-bond acceptors (Lipinski definition) is 5. The van der Waals surface area contributed by atoms with Crippen LogP contribution in [-0.4, -0.2) is 10.7 Å². The van der Waals surface area contributed by atoms with Gasteiger partial charge in [0.25, 0.3) is 0 Å². The average Bonchev–Trinajstić information content (AvgIpc) is 2.54. The highest BCUT2D eigenvalue weighted by atomic mass is 15.0. The molecule has 0 amide bonds. The summed E-state index contributed by atoms with van der Waals surface area (Å²) in [4.78, 5) is 8.06. The van der Waals surface area contributed by atoms with Crippen molar-refractivity contribution in [3.63, 3.8) is 0 Å². The van der Waals surface area contributed by atoms with Crippen LogP contribution >= 0.6 is 0 Å². The topological polar surface area (TPSA) is 89.3 Å². The van der Waals surface area contributed by atoms with E-state index in [1.807, 2.05) is 43.6 Å². The van der Waals surface area contributed by atoms with E-state index < -0.39 is 0 Å². The van der Waals surface area contributed by atoms with Crippen LogP contribution in [0.15, 0.2) is 78.1 Å². The Morgan fingerprint density at radius 2 is 1.67 bits per heavy atom. The lowest BCUT2D eigenvalue weighted by Gasteiger charge is -2.08. The Balaban J connectivity index is 1.92. The number of aromatic nitrogens is 1. The van der Waals surface area contributed by atoms with Gasteiger partial charge in [0, 0.05) is 23.8 Å². The Kier molecular flexibility index (Phi) is 6.14. The summed E-state index contributed by atoms with van der Waals surface area (Å²) in [6, 6.07) is 12.3. The molecule has 0 fully saturated rings. The zero-order chi connectivity index (χ0) is 17.4. The lowest BCUT2D eigenvalue weighted by atomic mass is 10.1. The van der Waals surface area contributed by atoms with E-state index in [2.05, 4.69) is 34.0 Å². The van der Waals surface area contributed by atoms with Gasteiger partial charge in [-0.15, -0.1) is 0 Å². The van der Waals surface area contributed by atoms with E-state index in [1.54, 1.807) is 6.08 Å². The molecule has 0 aliphatic carbocycles. The predicted octanol–water partition coefficient (Wildman–Crippen LogP) is 2.97. The number of anilines is 1. The van der Waals surface area contributed by atoms with Crippen molar-refractivity contribution in [2.24, 2.45) is 16.5 Å². The second-order valence-corrected chi connectivity index (χ2v) is 5.52. The van der Waals surface area contributed by atoms with Gasteiger partial charge in [-0.25, -0.2) is 4.99 Å². The van der Waals surface area contributed by atoms with Crippen LogP contribution in [0.2, 0.25) is 0 Å². The van der Waals surface area contributed by atoms with Crippen LogP contribution in [0.1, 0.15) is 18.1 Å². The zero-order valence-electron chi connectivity index (χ0n) is 13.9. The number of allylic oxidation sites excluding steroid dienone is 1. The first kappa shape index (κ1) is 17.3. The Morgan fingerprint density at radius 1 is 1.08 bits per heavy atom. The minimum atomic E-state index is 0.259. The Bertz CT molecular complexity index is 730. The first-order valence-corrected chi connectivity index (χ1v) is 7.74. The average molecular weight is 321 g/mol. The van der Waals surface area contributed by atoms with Gasteiger partial charge in [0.05, 0.1) is 0 Å². The van der Waals surface area contributed by atoms with Gasteiger partial charge in [0.2, 0.25) is 0 Å². The molecule has 2 aromatic rings. The van der Waals surface area contributed by atoms with Crippen LogP contribution < -0.4 is 16.8 Å². The van der Waals surface area contributed by atoms with E-state index in [4.69, 9.17) is 11.5 Å². The fourth-order valence-corrected chi connectivity index (χ4v) is 2.28. The van der Waals surface area contributed by atoms with Crippen molar-refractivity contribution in [1.82, 2.24) is 4.98 Å². The normalized spacial score (nSPS) is 12.0. The van der Waals surface area contributed by atoms with E-state index in [-0.39, 0.29) is 5.82 Å². The molecule has 2 rings (SSSR count). The molecule has 5 nitrogen and oxygen atoms in total. The molecule has 0 unspecified atom stereocenters. The smallest absolute Gasteiger partial charge is 0.116 e. The highest BCUT2D eigenvalue weighted by molar-refractivity contribution is 5.94. The summed E-state index contributed by atoms with van der Waals surface area (Å²) in [6.07, 6.45) is 7.34. The molecule has 0 atom stereocenters. The standard InChI is InChI=1S/C19H23N5/c1-14(23-15(2)20)13-19(21)24-18-7-5-16(6-8-18)3-4-17-9-11-22-12-10-17/h5-13,24H,2-4,20-21H2,1H3/b19-13+,23-14-. The molecule has 0 aliphatic heterocycles. The van der Waals surface area contributed by atoms with Crippen molar-refractivity contribution in [2.75, 3.05) is 5.32 Å². The quantitative estimate of drug-likeness (QED) is 0.684. The van der Waals surface area contributed by atoms with Gasteiger partial charge in [-0.05, 0) is 61.2 Å². The van der Waals surface area contributed by atoms with Crippen LogP contribution in [-0.2, 0) is 12.8 Å². The number of benzene rings is 1. The molecule has 1 aromatic carbocycles. The molecule has 5 N–H and O–H groups in total. The molecule has 0 saturated heterocycles. The largest absolute Gasteiger partial charge is 0.385 e. The lowest BCUT2D eigenvalue weighted by molar-refractivity contribution is 0.955. The minimum absolute atomic E-state index is 0.259. The summed E-state index contributed by atoms with van der Waals surface area (Å²) in [6.45, 7) is 5.35. The van der Waals surface area contributed by atoms with Crippen molar-refractivity contribution >= 4 is 11.4 Å². The van der Waals surface area contributed by atoms with Crippen molar-refractivity contribution in [3.05, 3.63) is 84.2 Å². The van der Waals surface area contributed by atoms with Gasteiger partial charge in [-0.1, -0.05) is 18.7 Å². The van der Waals surface area contributed by atoms with Gasteiger partial charge in [-0.3, -0.25) is 4.98 Å². The molecule has 1 heterocycles. The molecule has 5 heteroatoms. The van der Waals surface area contributed by atoms with Gasteiger partial charge >= 0.3 is 0 Å². The summed E-state index contributed by atoms with van der Waals surface area (Å²) in [5.41, 5.74) is 15.6. The number of aliphatic imine (C=N–C) groups is 1. The van der Waals surface area contributed by atoms with E-state index >= 15 is 0 Å². The van der Waals surface area contributed by atoms with Gasteiger partial charge in [0.1, 0.15) is 11.6 Å². The molecule has 0 bridgehead atoms. The van der Waals surface area contributed by atoms with E-state index in [0.717, 1.165) is 18.5 Å². The highest BCUT2D eigenvalue weighted by Gasteiger charge is 1.98. The molecule has 0 radical (unpaired) electrons. The monoisotopic (exact) mass is 321 g/mol. The number of hydrogen-bond donors (Lipinski definition) is 3. The first-order chi connectivity index (χ1) is 11.5. The SMILES string of the molecule is C=C(N)/N=C(C)\C=C(/N)Nc1ccc(CCc2ccncc2)cc1. The lowest BCUT2D eigenvalue weighted by Crippen LogP contribution is -2.11. The predicted molar refractivity (Wildman–Crippen MR) is 100 cm³/mol. The molecule has 1 aromatic heterocycles. The third-order valence-electron chi connectivity index (χ3n) is 3.38. The van der Waals surface area contributed by atoms with E-state index in [0.29, 0.717) is 11.5 Å². The van der Waals surface area contributed by atoms with Crippen molar-refractivity contribution in [3.8, 4) is 0 Å². The maximum absolute atomic E-state index is 5.95. The van der Waals surface area contributed by atoms with Crippen LogP contribution in [0.3, 0.4) is 0 Å². The minimum Gasteiger partial charge on any atom is -0.385 e. The molecule has 24 heavy (non-hydrogen) atoms. The number of rotatable bonds is 7. The van der Waals surface area contributed by atoms with Gasteiger partial charge < -0.3 is 16.8 Å². The van der Waals surface area contributed by atoms with Gasteiger partial charge in [0.15, 0.2) is 0 Å². The van der Waals surface area contributed by atoms with E-state index in [9.17, 15) is 0 Å². The summed E-state index contributed by atoms with van der Waals surface area (Å²) in [5.74, 6) is 0.761. The molecular formula is C19H23N5. The number of aryl methyl sites for hydroxylation is 2. The van der Waals surface area contributed by atoms with E-state index in [1.165, 1.54) is 11.1 Å². The summed E-state index contributed by atoms with van der Waals surface area (Å²) >= 11 is 0. The van der Waals surface area contributed by atoms with Crippen LogP contribution in [0.5, 0.6) is 0 Å². The Labute approximate surface area is 142 Å². The van der Waals surface area contributed by atoms with Gasteiger partial charge in [-0.2, -0.15) is 0 Å². The van der Waals surface area contributed by atoms with Crippen molar-refractivity contribution in [1.29, 1.82) is 0 Å². The molecule has 0 spiro atoms. The fourth-order valence-electron chi connectivity index (χ4n) is 2.28. The third kappa shape index (κ3) is 5.96. The number of nitrogens with two attached hydrogens (primary N) is 2. The number of pyridine rings is 1. The second kappa shape index (κ2) is 8.53. The zero-order valence-corrected chi connectivity index (χ0v) is 13.9. The number of nitrogens with one attached hydrogen (secondary N) is 1. The highest BCUT2D eigenvalue weighted by Crippen LogP contribution is 2.13. The Hall–Kier alpha value is -3.08. The van der Waals surface area contributed by atoms with Crippen molar-refractivity contribution < 1.29 is 0 Å². The van der Waals surface area contributed by atoms with Crippen molar-refractivity contribution in [2.45, 2.75) is 19.8 Å². The Morgan fingerprint density at radius 3 is 2.25 bits per heavy atom. The van der Waals surface area contributed by atoms with Crippen LogP contribution in [0.4, 0.5) is 5.69 Å². The maximum Gasteiger partial charge on any atom is 0.116 e. The second-order valence-electron chi connectivity index (χ2n) is 5.52. The molecule has 0 saturated carbocycles. The third-order valence-corrected chi connectivity index (χ3v) is 3.38. The summed E-state index contributed by atoms with van der Waals surface area (Å²) in [5, 5.41) is 3.13. The molecule has 0 aliphatic rings. The number of nitrogens with zero attached hydrogens (tertiary/aromatic N) is 2. The summed E-state index contributed by atoms with van der Waals surface area (Å²) in [7, 11) is 0. The molecule has 124 valence electrons. The maximum atomic E-state index is 5.95.